The van der Waals surface area contributed by atoms with Gasteiger partial charge >= 0.3 is 0 Å². The highest BCUT2D eigenvalue weighted by atomic mass is 35.5. The fourth-order valence-electron chi connectivity index (χ4n) is 3.69. The number of halogens is 2. The first-order chi connectivity index (χ1) is 16.0. The molecular weight excluding hydrogens is 457 g/mol. The van der Waals surface area contributed by atoms with E-state index in [0.717, 1.165) is 25.2 Å². The maximum atomic E-state index is 13.2. The van der Waals surface area contributed by atoms with Crippen molar-refractivity contribution in [3.05, 3.63) is 93.2 Å². The zero-order valence-corrected chi connectivity index (χ0v) is 19.7. The average molecular weight is 480 g/mol. The van der Waals surface area contributed by atoms with Crippen molar-refractivity contribution in [1.82, 2.24) is 14.8 Å². The molecule has 0 unspecified atom stereocenters. The minimum Gasteiger partial charge on any atom is -0.495 e. The number of methoxy groups -OCH3 is 1. The number of amides is 1. The Balaban J connectivity index is 1.43. The standard InChI is InChI=1S/C26H23Cl2N3O2/c1-33-25-10-7-20(16-19(25)6-9-23-4-2-3-11-29-23)26(32)31-14-12-30(13-15-31)18-21-5-8-22(27)17-24(21)28/h2-5,7-8,10-11,16-17H,12-15,18H2,1H3. The molecule has 1 amide bonds. The number of ether oxygens (including phenoxy) is 1. The molecule has 0 saturated carbocycles. The van der Waals surface area contributed by atoms with Crippen molar-refractivity contribution in [2.75, 3.05) is 33.3 Å². The molecule has 3 aromatic rings. The van der Waals surface area contributed by atoms with Gasteiger partial charge < -0.3 is 9.64 Å². The second kappa shape index (κ2) is 10.7. The second-order valence-electron chi connectivity index (χ2n) is 7.68. The van der Waals surface area contributed by atoms with Crippen LogP contribution < -0.4 is 4.74 Å². The second-order valence-corrected chi connectivity index (χ2v) is 8.53. The summed E-state index contributed by atoms with van der Waals surface area (Å²) in [6, 6.07) is 16.5. The van der Waals surface area contributed by atoms with E-state index in [4.69, 9.17) is 27.9 Å². The van der Waals surface area contributed by atoms with Gasteiger partial charge in [-0.15, -0.1) is 0 Å². The normalized spacial score (nSPS) is 13.8. The van der Waals surface area contributed by atoms with Crippen LogP contribution in [0.2, 0.25) is 10.0 Å². The number of hydrogen-bond acceptors (Lipinski definition) is 4. The van der Waals surface area contributed by atoms with Crippen LogP contribution in [0.1, 0.15) is 27.2 Å². The first-order valence-corrected chi connectivity index (χ1v) is 11.4. The number of pyridine rings is 1. The van der Waals surface area contributed by atoms with Crippen molar-refractivity contribution in [2.45, 2.75) is 6.54 Å². The fraction of sp³-hybridized carbons (Fsp3) is 0.231. The van der Waals surface area contributed by atoms with Gasteiger partial charge in [-0.3, -0.25) is 9.69 Å². The van der Waals surface area contributed by atoms with Gasteiger partial charge in [0.15, 0.2) is 0 Å². The first kappa shape index (κ1) is 23.1. The average Bonchev–Trinajstić information content (AvgIpc) is 2.85. The molecule has 7 heteroatoms. The molecule has 1 aromatic heterocycles. The molecule has 2 heterocycles. The highest BCUT2D eigenvalue weighted by molar-refractivity contribution is 6.35. The summed E-state index contributed by atoms with van der Waals surface area (Å²) >= 11 is 12.3. The van der Waals surface area contributed by atoms with Gasteiger partial charge in [-0.2, -0.15) is 0 Å². The molecule has 5 nitrogen and oxygen atoms in total. The van der Waals surface area contributed by atoms with Crippen LogP contribution in [-0.2, 0) is 6.54 Å². The summed E-state index contributed by atoms with van der Waals surface area (Å²) in [5.41, 5.74) is 2.95. The highest BCUT2D eigenvalue weighted by Crippen LogP contribution is 2.24. The van der Waals surface area contributed by atoms with Crippen LogP contribution in [0.5, 0.6) is 5.75 Å². The number of piperazine rings is 1. The summed E-state index contributed by atoms with van der Waals surface area (Å²) in [7, 11) is 1.59. The predicted octanol–water partition coefficient (Wildman–Crippen LogP) is 4.75. The van der Waals surface area contributed by atoms with Crippen LogP contribution in [0.4, 0.5) is 0 Å². The number of rotatable bonds is 4. The topological polar surface area (TPSA) is 45.7 Å². The lowest BCUT2D eigenvalue weighted by Crippen LogP contribution is -2.48. The third kappa shape index (κ3) is 5.85. The molecule has 168 valence electrons. The summed E-state index contributed by atoms with van der Waals surface area (Å²) in [5, 5.41) is 1.29. The van der Waals surface area contributed by atoms with Gasteiger partial charge in [-0.1, -0.05) is 41.3 Å². The number of hydrogen-bond donors (Lipinski definition) is 0. The summed E-state index contributed by atoms with van der Waals surface area (Å²) in [5.74, 6) is 6.72. The van der Waals surface area contributed by atoms with Gasteiger partial charge in [0.2, 0.25) is 0 Å². The Labute approximate surface area is 203 Å². The van der Waals surface area contributed by atoms with Crippen molar-refractivity contribution in [3.8, 4) is 17.6 Å². The molecule has 0 bridgehead atoms. The SMILES string of the molecule is COc1ccc(C(=O)N2CCN(Cc3ccc(Cl)cc3Cl)CC2)cc1C#Cc1ccccn1. The van der Waals surface area contributed by atoms with Crippen LogP contribution >= 0.6 is 23.2 Å². The lowest BCUT2D eigenvalue weighted by atomic mass is 10.1. The summed E-state index contributed by atoms with van der Waals surface area (Å²) in [6.07, 6.45) is 1.70. The van der Waals surface area contributed by atoms with Crippen LogP contribution in [0, 0.1) is 11.8 Å². The van der Waals surface area contributed by atoms with Gasteiger partial charge in [0.1, 0.15) is 11.4 Å². The van der Waals surface area contributed by atoms with Crippen molar-refractivity contribution in [2.24, 2.45) is 0 Å². The molecule has 33 heavy (non-hydrogen) atoms. The van der Waals surface area contributed by atoms with E-state index in [1.165, 1.54) is 0 Å². The number of carbonyl (C=O) groups excluding carboxylic acids is 1. The monoisotopic (exact) mass is 479 g/mol. The number of nitrogens with zero attached hydrogens (tertiary/aromatic N) is 3. The minimum atomic E-state index is -0.0114. The van der Waals surface area contributed by atoms with Gasteiger partial charge in [0, 0.05) is 54.5 Å². The zero-order valence-electron chi connectivity index (χ0n) is 18.2. The molecule has 1 saturated heterocycles. The van der Waals surface area contributed by atoms with E-state index in [9.17, 15) is 4.79 Å². The van der Waals surface area contributed by atoms with Crippen molar-refractivity contribution in [1.29, 1.82) is 0 Å². The van der Waals surface area contributed by atoms with E-state index in [-0.39, 0.29) is 5.91 Å². The summed E-state index contributed by atoms with van der Waals surface area (Å²) in [4.78, 5) is 21.5. The van der Waals surface area contributed by atoms with E-state index in [1.54, 1.807) is 37.6 Å². The van der Waals surface area contributed by atoms with Crippen LogP contribution in [0.15, 0.2) is 60.8 Å². The van der Waals surface area contributed by atoms with Gasteiger partial charge in [0.05, 0.1) is 12.7 Å². The summed E-state index contributed by atoms with van der Waals surface area (Å²) in [6.45, 7) is 3.56. The summed E-state index contributed by atoms with van der Waals surface area (Å²) < 4.78 is 5.43. The molecule has 1 aliphatic heterocycles. The Morgan fingerprint density at radius 1 is 1.03 bits per heavy atom. The largest absolute Gasteiger partial charge is 0.495 e. The zero-order chi connectivity index (χ0) is 23.2. The molecule has 1 aliphatic rings. The van der Waals surface area contributed by atoms with Crippen LogP contribution in [0.3, 0.4) is 0 Å². The molecule has 2 aromatic carbocycles. The minimum absolute atomic E-state index is 0.0114. The van der Waals surface area contributed by atoms with Crippen LogP contribution in [0.25, 0.3) is 0 Å². The molecular formula is C26H23Cl2N3O2. The van der Waals surface area contributed by atoms with Gasteiger partial charge in [-0.25, -0.2) is 4.98 Å². The lowest BCUT2D eigenvalue weighted by Gasteiger charge is -2.35. The van der Waals surface area contributed by atoms with E-state index >= 15 is 0 Å². The number of carbonyl (C=O) groups is 1. The quantitative estimate of drug-likeness (QED) is 0.506. The molecule has 4 rings (SSSR count). The molecule has 0 atom stereocenters. The molecule has 0 radical (unpaired) electrons. The van der Waals surface area contributed by atoms with Crippen LogP contribution in [-0.4, -0.2) is 54.0 Å². The fourth-order valence-corrected chi connectivity index (χ4v) is 4.16. The Morgan fingerprint density at radius 3 is 2.55 bits per heavy atom. The van der Waals surface area contributed by atoms with E-state index in [1.807, 2.05) is 35.2 Å². The van der Waals surface area contributed by atoms with Gasteiger partial charge in [0.25, 0.3) is 5.91 Å². The molecule has 0 N–H and O–H groups in total. The van der Waals surface area contributed by atoms with Gasteiger partial charge in [-0.05, 0) is 53.9 Å². The molecule has 1 fully saturated rings. The number of benzene rings is 2. The highest BCUT2D eigenvalue weighted by Gasteiger charge is 2.23. The predicted molar refractivity (Wildman–Crippen MR) is 131 cm³/mol. The molecule has 0 spiro atoms. The Bertz CT molecular complexity index is 1200. The maximum Gasteiger partial charge on any atom is 0.253 e. The lowest BCUT2D eigenvalue weighted by molar-refractivity contribution is 0.0628. The third-order valence-electron chi connectivity index (χ3n) is 5.51. The van der Waals surface area contributed by atoms with Crippen molar-refractivity contribution < 1.29 is 9.53 Å². The maximum absolute atomic E-state index is 13.2. The number of aromatic nitrogens is 1. The first-order valence-electron chi connectivity index (χ1n) is 10.6. The van der Waals surface area contributed by atoms with Crippen molar-refractivity contribution >= 4 is 29.1 Å². The van der Waals surface area contributed by atoms with Crippen molar-refractivity contribution in [3.63, 3.8) is 0 Å². The smallest absolute Gasteiger partial charge is 0.253 e. The third-order valence-corrected chi connectivity index (χ3v) is 6.09. The Morgan fingerprint density at radius 2 is 1.85 bits per heavy atom. The van der Waals surface area contributed by atoms with E-state index < -0.39 is 0 Å². The van der Waals surface area contributed by atoms with E-state index in [0.29, 0.717) is 45.7 Å². The Kier molecular flexibility index (Phi) is 7.51. The Hall–Kier alpha value is -3.04. The van der Waals surface area contributed by atoms with E-state index in [2.05, 4.69) is 21.7 Å². The molecule has 0 aliphatic carbocycles.